The summed E-state index contributed by atoms with van der Waals surface area (Å²) in [6.07, 6.45) is 3.64. The van der Waals surface area contributed by atoms with E-state index < -0.39 is 0 Å². The van der Waals surface area contributed by atoms with Crippen molar-refractivity contribution < 1.29 is 9.53 Å². The third kappa shape index (κ3) is 8.82. The van der Waals surface area contributed by atoms with Gasteiger partial charge in [0.05, 0.1) is 6.54 Å². The molecule has 1 saturated carbocycles. The van der Waals surface area contributed by atoms with E-state index in [0.29, 0.717) is 12.0 Å². The maximum Gasteiger partial charge on any atom is 0.234 e. The summed E-state index contributed by atoms with van der Waals surface area (Å²) in [6.45, 7) is 15.7. The van der Waals surface area contributed by atoms with Gasteiger partial charge in [-0.15, -0.1) is 24.0 Å². The van der Waals surface area contributed by atoms with Gasteiger partial charge < -0.3 is 20.3 Å². The monoisotopic (exact) mass is 509 g/mol. The van der Waals surface area contributed by atoms with Crippen LogP contribution in [0.5, 0.6) is 0 Å². The summed E-state index contributed by atoms with van der Waals surface area (Å²) in [5.41, 5.74) is 0.368. The Bertz CT molecular complexity index is 489. The Kier molecular flexibility index (Phi) is 11.7. The third-order valence-corrected chi connectivity index (χ3v) is 5.33. The molecule has 0 aromatic rings. The number of nitrogens with one attached hydrogen (secondary N) is 2. The van der Waals surface area contributed by atoms with E-state index in [-0.39, 0.29) is 35.9 Å². The number of hydrogen-bond acceptors (Lipinski definition) is 4. The van der Waals surface area contributed by atoms with Crippen LogP contribution in [0.4, 0.5) is 0 Å². The largest absolute Gasteiger partial charge is 0.382 e. The van der Waals surface area contributed by atoms with E-state index in [1.165, 1.54) is 12.8 Å². The van der Waals surface area contributed by atoms with Crippen LogP contribution in [0.15, 0.2) is 4.99 Å². The molecule has 2 N–H and O–H groups in total. The molecule has 28 heavy (non-hydrogen) atoms. The third-order valence-electron chi connectivity index (χ3n) is 5.33. The van der Waals surface area contributed by atoms with Crippen molar-refractivity contribution in [2.75, 3.05) is 59.0 Å². The van der Waals surface area contributed by atoms with Crippen molar-refractivity contribution in [1.29, 1.82) is 0 Å². The molecule has 0 unspecified atom stereocenters. The van der Waals surface area contributed by atoms with E-state index in [0.717, 1.165) is 64.9 Å². The van der Waals surface area contributed by atoms with Gasteiger partial charge in [-0.3, -0.25) is 14.7 Å². The fourth-order valence-corrected chi connectivity index (χ4v) is 3.45. The van der Waals surface area contributed by atoms with Crippen molar-refractivity contribution >= 4 is 35.8 Å². The van der Waals surface area contributed by atoms with Crippen molar-refractivity contribution in [2.45, 2.75) is 53.0 Å². The van der Waals surface area contributed by atoms with E-state index in [1.54, 1.807) is 0 Å². The summed E-state index contributed by atoms with van der Waals surface area (Å²) in [7, 11) is 0. The summed E-state index contributed by atoms with van der Waals surface area (Å²) in [6, 6.07) is 0.198. The van der Waals surface area contributed by atoms with Gasteiger partial charge in [0, 0.05) is 58.5 Å². The summed E-state index contributed by atoms with van der Waals surface area (Å²) < 4.78 is 5.53. The molecule has 164 valence electrons. The van der Waals surface area contributed by atoms with Crippen LogP contribution in [0.3, 0.4) is 0 Å². The number of amides is 1. The van der Waals surface area contributed by atoms with Crippen molar-refractivity contribution in [3.8, 4) is 0 Å². The normalized spacial score (nSPS) is 19.3. The number of piperazine rings is 1. The number of hydrogen-bond donors (Lipinski definition) is 2. The number of aliphatic imine (C=N–C) groups is 1. The number of carbonyl (C=O) groups excluding carboxylic acids is 1. The lowest BCUT2D eigenvalue weighted by Gasteiger charge is -2.36. The number of carbonyl (C=O) groups is 1. The topological polar surface area (TPSA) is 69.2 Å². The Balaban J connectivity index is 0.00000392. The van der Waals surface area contributed by atoms with Gasteiger partial charge >= 0.3 is 0 Å². The minimum absolute atomic E-state index is 0. The van der Waals surface area contributed by atoms with Crippen LogP contribution in [-0.2, 0) is 9.53 Å². The first kappa shape index (κ1) is 25.4. The highest BCUT2D eigenvalue weighted by molar-refractivity contribution is 14.0. The number of halogens is 1. The molecule has 1 heterocycles. The highest BCUT2D eigenvalue weighted by Crippen LogP contribution is 2.49. The van der Waals surface area contributed by atoms with Gasteiger partial charge in [-0.2, -0.15) is 0 Å². The van der Waals surface area contributed by atoms with Crippen LogP contribution >= 0.6 is 24.0 Å². The van der Waals surface area contributed by atoms with Crippen LogP contribution in [0.25, 0.3) is 0 Å². The van der Waals surface area contributed by atoms with Gasteiger partial charge in [0.2, 0.25) is 5.91 Å². The molecule has 0 atom stereocenters. The standard InChI is InChI=1S/C20H39N5O2.HI/c1-5-21-19(22-16-20(7-8-20)9-14-27-6-2)25-12-10-24(11-13-25)15-18(26)23-17(3)4;/h17H,5-16H2,1-4H3,(H,21,22)(H,23,26);1H. The lowest BCUT2D eigenvalue weighted by molar-refractivity contribution is -0.123. The van der Waals surface area contributed by atoms with Crippen LogP contribution in [0.2, 0.25) is 0 Å². The fraction of sp³-hybridized carbons (Fsp3) is 0.900. The second-order valence-corrected chi connectivity index (χ2v) is 8.10. The molecule has 0 radical (unpaired) electrons. The van der Waals surface area contributed by atoms with E-state index in [2.05, 4.69) is 27.4 Å². The van der Waals surface area contributed by atoms with Gasteiger partial charge in [0.1, 0.15) is 0 Å². The predicted molar refractivity (Wildman–Crippen MR) is 125 cm³/mol. The zero-order valence-electron chi connectivity index (χ0n) is 18.1. The molecular weight excluding hydrogens is 469 g/mol. The molecule has 0 spiro atoms. The lowest BCUT2D eigenvalue weighted by atomic mass is 10.0. The molecule has 7 nitrogen and oxygen atoms in total. The Morgan fingerprint density at radius 2 is 1.86 bits per heavy atom. The molecule has 2 fully saturated rings. The number of guanidine groups is 1. The van der Waals surface area contributed by atoms with Gasteiger partial charge in [-0.25, -0.2) is 0 Å². The molecule has 0 aromatic heterocycles. The molecule has 0 aromatic carbocycles. The maximum absolute atomic E-state index is 12.0. The molecule has 1 aliphatic carbocycles. The highest BCUT2D eigenvalue weighted by Gasteiger charge is 2.42. The summed E-state index contributed by atoms with van der Waals surface area (Å²) in [5.74, 6) is 1.13. The molecule has 1 amide bonds. The van der Waals surface area contributed by atoms with Crippen molar-refractivity contribution in [3.05, 3.63) is 0 Å². The Hall–Kier alpha value is -0.610. The Morgan fingerprint density at radius 1 is 1.18 bits per heavy atom. The zero-order chi connectivity index (χ0) is 19.7. The molecular formula is C20H40IN5O2. The Morgan fingerprint density at radius 3 is 2.39 bits per heavy atom. The molecule has 8 heteroatoms. The summed E-state index contributed by atoms with van der Waals surface area (Å²) >= 11 is 0. The van der Waals surface area contributed by atoms with Crippen LogP contribution in [0.1, 0.15) is 47.0 Å². The first-order valence-corrected chi connectivity index (χ1v) is 10.6. The zero-order valence-corrected chi connectivity index (χ0v) is 20.5. The fourth-order valence-electron chi connectivity index (χ4n) is 3.45. The quantitative estimate of drug-likeness (QED) is 0.204. The average molecular weight is 509 g/mol. The van der Waals surface area contributed by atoms with E-state index in [9.17, 15) is 4.79 Å². The highest BCUT2D eigenvalue weighted by atomic mass is 127. The van der Waals surface area contributed by atoms with Crippen LogP contribution in [-0.4, -0.2) is 86.7 Å². The van der Waals surface area contributed by atoms with Gasteiger partial charge in [-0.1, -0.05) is 0 Å². The van der Waals surface area contributed by atoms with Crippen LogP contribution < -0.4 is 10.6 Å². The Labute approximate surface area is 188 Å². The second-order valence-electron chi connectivity index (χ2n) is 8.10. The SMILES string of the molecule is CCNC(=NCC1(CCOCC)CC1)N1CCN(CC(=O)NC(C)C)CC1.I. The first-order chi connectivity index (χ1) is 13.0. The first-order valence-electron chi connectivity index (χ1n) is 10.6. The number of rotatable bonds is 10. The van der Waals surface area contributed by atoms with E-state index in [1.807, 2.05) is 20.8 Å². The van der Waals surface area contributed by atoms with Crippen molar-refractivity contribution in [2.24, 2.45) is 10.4 Å². The van der Waals surface area contributed by atoms with Gasteiger partial charge in [0.15, 0.2) is 5.96 Å². The van der Waals surface area contributed by atoms with Gasteiger partial charge in [-0.05, 0) is 52.4 Å². The lowest BCUT2D eigenvalue weighted by Crippen LogP contribution is -2.54. The van der Waals surface area contributed by atoms with E-state index in [4.69, 9.17) is 9.73 Å². The van der Waals surface area contributed by atoms with Crippen LogP contribution in [0, 0.1) is 5.41 Å². The van der Waals surface area contributed by atoms with Crippen molar-refractivity contribution in [1.82, 2.24) is 20.4 Å². The smallest absolute Gasteiger partial charge is 0.234 e. The minimum atomic E-state index is 0. The molecule has 2 rings (SSSR count). The molecule has 1 aliphatic heterocycles. The molecule has 1 saturated heterocycles. The number of ether oxygens (including phenoxy) is 1. The van der Waals surface area contributed by atoms with Gasteiger partial charge in [0.25, 0.3) is 0 Å². The van der Waals surface area contributed by atoms with Crippen molar-refractivity contribution in [3.63, 3.8) is 0 Å². The van der Waals surface area contributed by atoms with E-state index >= 15 is 0 Å². The molecule has 0 bridgehead atoms. The maximum atomic E-state index is 12.0. The predicted octanol–water partition coefficient (Wildman–Crippen LogP) is 1.92. The second kappa shape index (κ2) is 12.8. The average Bonchev–Trinajstić information content (AvgIpc) is 3.39. The minimum Gasteiger partial charge on any atom is -0.382 e. The number of nitrogens with zero attached hydrogens (tertiary/aromatic N) is 3. The summed E-state index contributed by atoms with van der Waals surface area (Å²) in [5, 5.41) is 6.42. The molecule has 2 aliphatic rings. The summed E-state index contributed by atoms with van der Waals surface area (Å²) in [4.78, 5) is 21.5.